The van der Waals surface area contributed by atoms with E-state index in [0.717, 1.165) is 21.1 Å². The van der Waals surface area contributed by atoms with Gasteiger partial charge in [0.25, 0.3) is 5.91 Å². The summed E-state index contributed by atoms with van der Waals surface area (Å²) in [5.41, 5.74) is 5.18. The fourth-order valence-electron chi connectivity index (χ4n) is 2.25. The molecule has 0 radical (unpaired) electrons. The fraction of sp³-hybridized carbons (Fsp3) is 0.263. The SMILES string of the molecule is Cc1ccc(S(=O)(=O)N(C)CC(=O)N/N=C/c2ccc(N(C)C)cc2)cc1. The number of hydrogen-bond donors (Lipinski definition) is 1. The maximum absolute atomic E-state index is 12.5. The van der Waals surface area contributed by atoms with Crippen LogP contribution in [0.1, 0.15) is 11.1 Å². The van der Waals surface area contributed by atoms with Crippen molar-refractivity contribution in [3.63, 3.8) is 0 Å². The minimum atomic E-state index is -3.72. The molecule has 8 heteroatoms. The Morgan fingerprint density at radius 2 is 1.63 bits per heavy atom. The number of benzene rings is 2. The Hall–Kier alpha value is -2.71. The van der Waals surface area contributed by atoms with Crippen LogP contribution in [-0.2, 0) is 14.8 Å². The van der Waals surface area contributed by atoms with E-state index in [9.17, 15) is 13.2 Å². The molecule has 1 amide bonds. The third-order valence-corrected chi connectivity index (χ3v) is 5.73. The Morgan fingerprint density at radius 1 is 1.04 bits per heavy atom. The van der Waals surface area contributed by atoms with Gasteiger partial charge in [-0.15, -0.1) is 0 Å². The van der Waals surface area contributed by atoms with Crippen molar-refractivity contribution in [1.82, 2.24) is 9.73 Å². The summed E-state index contributed by atoms with van der Waals surface area (Å²) in [6, 6.07) is 14.1. The summed E-state index contributed by atoms with van der Waals surface area (Å²) in [4.78, 5) is 14.1. The molecule has 0 atom stereocenters. The Balaban J connectivity index is 1.93. The number of aryl methyl sites for hydroxylation is 1. The van der Waals surface area contributed by atoms with E-state index in [1.54, 1.807) is 12.1 Å². The maximum Gasteiger partial charge on any atom is 0.255 e. The summed E-state index contributed by atoms with van der Waals surface area (Å²) in [5, 5.41) is 3.88. The van der Waals surface area contributed by atoms with Crippen molar-refractivity contribution in [1.29, 1.82) is 0 Å². The third kappa shape index (κ3) is 5.63. The average Bonchev–Trinajstić information content (AvgIpc) is 2.62. The van der Waals surface area contributed by atoms with Crippen LogP contribution in [-0.4, -0.2) is 52.5 Å². The van der Waals surface area contributed by atoms with Crippen LogP contribution in [0.5, 0.6) is 0 Å². The number of hydrazone groups is 1. The molecule has 2 aromatic rings. The second-order valence-corrected chi connectivity index (χ2v) is 8.40. The first-order valence-electron chi connectivity index (χ1n) is 8.32. The molecule has 0 heterocycles. The second kappa shape index (κ2) is 8.79. The van der Waals surface area contributed by atoms with Crippen molar-refractivity contribution in [2.24, 2.45) is 5.10 Å². The summed E-state index contributed by atoms with van der Waals surface area (Å²) in [6.07, 6.45) is 1.51. The average molecular weight is 388 g/mol. The molecule has 0 unspecified atom stereocenters. The minimum Gasteiger partial charge on any atom is -0.378 e. The highest BCUT2D eigenvalue weighted by atomic mass is 32.2. The number of hydrogen-bond acceptors (Lipinski definition) is 5. The van der Waals surface area contributed by atoms with Crippen LogP contribution in [0.2, 0.25) is 0 Å². The molecule has 27 heavy (non-hydrogen) atoms. The number of nitrogens with one attached hydrogen (secondary N) is 1. The molecular weight excluding hydrogens is 364 g/mol. The first-order valence-corrected chi connectivity index (χ1v) is 9.76. The topological polar surface area (TPSA) is 82.1 Å². The van der Waals surface area contributed by atoms with Crippen LogP contribution >= 0.6 is 0 Å². The fourth-order valence-corrected chi connectivity index (χ4v) is 3.38. The Morgan fingerprint density at radius 3 is 2.19 bits per heavy atom. The van der Waals surface area contributed by atoms with Crippen molar-refractivity contribution in [2.45, 2.75) is 11.8 Å². The van der Waals surface area contributed by atoms with E-state index >= 15 is 0 Å². The van der Waals surface area contributed by atoms with Crippen LogP contribution in [0.15, 0.2) is 58.5 Å². The molecule has 2 aromatic carbocycles. The summed E-state index contributed by atoms with van der Waals surface area (Å²) < 4.78 is 25.9. The van der Waals surface area contributed by atoms with E-state index < -0.39 is 15.9 Å². The van der Waals surface area contributed by atoms with Crippen molar-refractivity contribution in [2.75, 3.05) is 32.6 Å². The lowest BCUT2D eigenvalue weighted by Gasteiger charge is -2.16. The number of rotatable bonds is 7. The Labute approximate surface area is 160 Å². The highest BCUT2D eigenvalue weighted by Crippen LogP contribution is 2.14. The molecule has 144 valence electrons. The quantitative estimate of drug-likeness (QED) is 0.580. The number of anilines is 1. The van der Waals surface area contributed by atoms with Gasteiger partial charge in [0.1, 0.15) is 0 Å². The van der Waals surface area contributed by atoms with E-state index in [1.807, 2.05) is 50.2 Å². The second-order valence-electron chi connectivity index (χ2n) is 6.35. The molecule has 0 saturated heterocycles. The van der Waals surface area contributed by atoms with E-state index in [4.69, 9.17) is 0 Å². The third-order valence-electron chi connectivity index (χ3n) is 3.91. The van der Waals surface area contributed by atoms with Crippen LogP contribution in [0.3, 0.4) is 0 Å². The highest BCUT2D eigenvalue weighted by Gasteiger charge is 2.22. The van der Waals surface area contributed by atoms with Gasteiger partial charge in [0, 0.05) is 26.8 Å². The number of amides is 1. The van der Waals surface area contributed by atoms with E-state index in [2.05, 4.69) is 10.5 Å². The zero-order valence-corrected chi connectivity index (χ0v) is 16.7. The molecule has 7 nitrogen and oxygen atoms in total. The van der Waals surface area contributed by atoms with Crippen LogP contribution in [0.25, 0.3) is 0 Å². The normalized spacial score (nSPS) is 11.7. The molecule has 0 aliphatic rings. The first-order chi connectivity index (χ1) is 12.7. The standard InChI is InChI=1S/C19H24N4O3S/c1-15-5-11-18(12-6-15)27(25,26)23(4)14-19(24)21-20-13-16-7-9-17(10-8-16)22(2)3/h5-13H,14H2,1-4H3,(H,21,24)/b20-13+. The van der Waals surface area contributed by atoms with E-state index in [1.165, 1.54) is 25.4 Å². The van der Waals surface area contributed by atoms with Crippen molar-refractivity contribution in [3.8, 4) is 0 Å². The molecule has 0 aliphatic heterocycles. The monoisotopic (exact) mass is 388 g/mol. The first kappa shape index (κ1) is 20.6. The molecule has 2 rings (SSSR count). The van der Waals surface area contributed by atoms with Crippen molar-refractivity contribution < 1.29 is 13.2 Å². The van der Waals surface area contributed by atoms with E-state index in [-0.39, 0.29) is 11.4 Å². The molecule has 0 saturated carbocycles. The molecule has 0 aliphatic carbocycles. The van der Waals surface area contributed by atoms with Gasteiger partial charge in [0.2, 0.25) is 10.0 Å². The van der Waals surface area contributed by atoms with Gasteiger partial charge >= 0.3 is 0 Å². The van der Waals surface area contributed by atoms with Crippen molar-refractivity contribution >= 4 is 27.8 Å². The largest absolute Gasteiger partial charge is 0.378 e. The van der Waals surface area contributed by atoms with Gasteiger partial charge in [-0.05, 0) is 36.8 Å². The number of carbonyl (C=O) groups is 1. The summed E-state index contributed by atoms with van der Waals surface area (Å²) >= 11 is 0. The number of likely N-dealkylation sites (N-methyl/N-ethyl adjacent to an activating group) is 1. The molecular formula is C19H24N4O3S. The van der Waals surface area contributed by atoms with Crippen molar-refractivity contribution in [3.05, 3.63) is 59.7 Å². The Kier molecular flexibility index (Phi) is 6.70. The maximum atomic E-state index is 12.5. The molecule has 0 bridgehead atoms. The van der Waals surface area contributed by atoms with E-state index in [0.29, 0.717) is 0 Å². The zero-order valence-electron chi connectivity index (χ0n) is 15.9. The predicted molar refractivity (Wildman–Crippen MR) is 108 cm³/mol. The lowest BCUT2D eigenvalue weighted by Crippen LogP contribution is -2.36. The van der Waals surface area contributed by atoms with Gasteiger partial charge in [-0.3, -0.25) is 4.79 Å². The van der Waals surface area contributed by atoms with Crippen LogP contribution in [0, 0.1) is 6.92 Å². The van der Waals surface area contributed by atoms with Gasteiger partial charge in [0.05, 0.1) is 17.7 Å². The van der Waals surface area contributed by atoms with Gasteiger partial charge in [-0.2, -0.15) is 9.41 Å². The van der Waals surface area contributed by atoms with Gasteiger partial charge in [-0.1, -0.05) is 29.8 Å². The lowest BCUT2D eigenvalue weighted by molar-refractivity contribution is -0.121. The van der Waals surface area contributed by atoms with Gasteiger partial charge in [-0.25, -0.2) is 13.8 Å². The summed E-state index contributed by atoms with van der Waals surface area (Å²) in [5.74, 6) is -0.519. The number of carbonyl (C=O) groups excluding carboxylic acids is 1. The van der Waals surface area contributed by atoms with Gasteiger partial charge in [0.15, 0.2) is 0 Å². The van der Waals surface area contributed by atoms with Gasteiger partial charge < -0.3 is 4.90 Å². The molecule has 0 spiro atoms. The Bertz CT molecular complexity index is 905. The van der Waals surface area contributed by atoms with Crippen LogP contribution < -0.4 is 10.3 Å². The minimum absolute atomic E-state index is 0.146. The zero-order chi connectivity index (χ0) is 20.0. The molecule has 0 fully saturated rings. The molecule has 1 N–H and O–H groups in total. The predicted octanol–water partition coefficient (Wildman–Crippen LogP) is 1.83. The summed E-state index contributed by atoms with van der Waals surface area (Å²) in [6.45, 7) is 1.55. The number of nitrogens with zero attached hydrogens (tertiary/aromatic N) is 3. The van der Waals surface area contributed by atoms with Crippen LogP contribution in [0.4, 0.5) is 5.69 Å². The number of sulfonamides is 1. The summed E-state index contributed by atoms with van der Waals surface area (Å²) in [7, 11) is 1.53. The lowest BCUT2D eigenvalue weighted by atomic mass is 10.2. The molecule has 0 aromatic heterocycles. The highest BCUT2D eigenvalue weighted by molar-refractivity contribution is 7.89. The smallest absolute Gasteiger partial charge is 0.255 e.